The number of aromatic amines is 1. The van der Waals surface area contributed by atoms with Crippen molar-refractivity contribution in [2.45, 2.75) is 25.2 Å². The molecule has 1 unspecified atom stereocenters. The highest BCUT2D eigenvalue weighted by atomic mass is 35.5. The molecule has 2 heterocycles. The third-order valence-corrected chi connectivity index (χ3v) is 6.11. The van der Waals surface area contributed by atoms with Crippen LogP contribution in [-0.4, -0.2) is 38.7 Å². The number of aromatic nitrogens is 3. The lowest BCUT2D eigenvalue weighted by Crippen LogP contribution is -2.30. The predicted octanol–water partition coefficient (Wildman–Crippen LogP) is 3.75. The van der Waals surface area contributed by atoms with Crippen molar-refractivity contribution in [1.82, 2.24) is 19.7 Å². The number of likely N-dealkylation sites (tertiary alicyclic amines) is 1. The van der Waals surface area contributed by atoms with Crippen LogP contribution in [0.1, 0.15) is 31.0 Å². The Balaban J connectivity index is 1.45. The van der Waals surface area contributed by atoms with Gasteiger partial charge in [0.25, 0.3) is 0 Å². The molecule has 154 valence electrons. The lowest BCUT2D eigenvalue weighted by Gasteiger charge is -2.16. The van der Waals surface area contributed by atoms with Crippen LogP contribution in [0.5, 0.6) is 0 Å². The zero-order valence-electron chi connectivity index (χ0n) is 16.1. The second-order valence-corrected chi connectivity index (χ2v) is 8.38. The van der Waals surface area contributed by atoms with Crippen LogP contribution in [0, 0.1) is 11.7 Å². The van der Waals surface area contributed by atoms with Gasteiger partial charge in [0, 0.05) is 29.9 Å². The molecule has 3 aromatic rings. The standard InChI is InChI=1S/C22H20ClFN4O2/c23-17-6-3-13(4-7-17)15-5-8-19(18(24)11-15)28-20(25-26-22(28)30)16-9-10-27(12-16)21(29)14-1-2-14/h3-8,11,14,16H,1-2,9-10,12H2,(H,26,30). The molecular formula is C22H20ClFN4O2. The van der Waals surface area contributed by atoms with Gasteiger partial charge >= 0.3 is 5.69 Å². The summed E-state index contributed by atoms with van der Waals surface area (Å²) in [5.41, 5.74) is 1.17. The van der Waals surface area contributed by atoms with Crippen LogP contribution in [0.15, 0.2) is 47.3 Å². The van der Waals surface area contributed by atoms with Gasteiger partial charge in [-0.25, -0.2) is 18.9 Å². The van der Waals surface area contributed by atoms with Crippen LogP contribution in [0.4, 0.5) is 4.39 Å². The lowest BCUT2D eigenvalue weighted by atomic mass is 10.0. The molecule has 2 aromatic carbocycles. The van der Waals surface area contributed by atoms with Crippen molar-refractivity contribution in [2.75, 3.05) is 13.1 Å². The highest BCUT2D eigenvalue weighted by molar-refractivity contribution is 6.30. The number of benzene rings is 2. The van der Waals surface area contributed by atoms with Crippen molar-refractivity contribution in [3.05, 3.63) is 69.6 Å². The van der Waals surface area contributed by atoms with Crippen molar-refractivity contribution >= 4 is 17.5 Å². The van der Waals surface area contributed by atoms with E-state index in [1.165, 1.54) is 10.6 Å². The third kappa shape index (κ3) is 3.43. The molecule has 0 spiro atoms. The Labute approximate surface area is 177 Å². The molecule has 2 fully saturated rings. The zero-order chi connectivity index (χ0) is 20.8. The second kappa shape index (κ2) is 7.40. The van der Waals surface area contributed by atoms with Gasteiger partial charge in [-0.05, 0) is 54.7 Å². The summed E-state index contributed by atoms with van der Waals surface area (Å²) in [7, 11) is 0. The van der Waals surface area contributed by atoms with E-state index in [1.807, 2.05) is 17.0 Å². The Kier molecular flexibility index (Phi) is 4.70. The van der Waals surface area contributed by atoms with E-state index in [-0.39, 0.29) is 23.4 Å². The maximum atomic E-state index is 15.1. The average Bonchev–Trinajstić information content (AvgIpc) is 3.36. The Morgan fingerprint density at radius 2 is 1.83 bits per heavy atom. The van der Waals surface area contributed by atoms with Crippen molar-refractivity contribution in [3.63, 3.8) is 0 Å². The molecule has 1 atom stereocenters. The number of carbonyl (C=O) groups is 1. The minimum absolute atomic E-state index is 0.109. The molecule has 1 saturated carbocycles. The SMILES string of the molecule is O=C(C1CC1)N1CCC(c2n[nH]c(=O)n2-c2ccc(-c3ccc(Cl)cc3)cc2F)C1. The smallest absolute Gasteiger partial charge is 0.342 e. The maximum absolute atomic E-state index is 15.1. The minimum atomic E-state index is -0.517. The molecule has 1 saturated heterocycles. The van der Waals surface area contributed by atoms with E-state index >= 15 is 4.39 Å². The summed E-state index contributed by atoms with van der Waals surface area (Å²) >= 11 is 5.92. The first kappa shape index (κ1) is 19.1. The lowest BCUT2D eigenvalue weighted by molar-refractivity contribution is -0.131. The third-order valence-electron chi connectivity index (χ3n) is 5.86. The van der Waals surface area contributed by atoms with Crippen LogP contribution in [0.3, 0.4) is 0 Å². The minimum Gasteiger partial charge on any atom is -0.342 e. The second-order valence-electron chi connectivity index (χ2n) is 7.94. The van der Waals surface area contributed by atoms with Crippen LogP contribution < -0.4 is 5.69 Å². The van der Waals surface area contributed by atoms with Gasteiger partial charge in [0.15, 0.2) is 0 Å². The van der Waals surface area contributed by atoms with Crippen LogP contribution in [-0.2, 0) is 4.79 Å². The summed E-state index contributed by atoms with van der Waals surface area (Å²) in [4.78, 5) is 26.7. The number of rotatable bonds is 4. The Morgan fingerprint density at radius 3 is 2.53 bits per heavy atom. The van der Waals surface area contributed by atoms with Gasteiger partial charge in [-0.2, -0.15) is 5.10 Å². The van der Waals surface area contributed by atoms with Crippen LogP contribution in [0.2, 0.25) is 5.02 Å². The normalized spacial score (nSPS) is 18.7. The summed E-state index contributed by atoms with van der Waals surface area (Å²) in [5.74, 6) is 0.172. The van der Waals surface area contributed by atoms with E-state index in [1.54, 1.807) is 24.3 Å². The average molecular weight is 427 g/mol. The monoisotopic (exact) mass is 426 g/mol. The number of nitrogens with one attached hydrogen (secondary N) is 1. The Morgan fingerprint density at radius 1 is 1.10 bits per heavy atom. The molecule has 1 amide bonds. The van der Waals surface area contributed by atoms with Gasteiger partial charge < -0.3 is 4.90 Å². The van der Waals surface area contributed by atoms with E-state index < -0.39 is 11.5 Å². The molecule has 30 heavy (non-hydrogen) atoms. The molecule has 6 nitrogen and oxygen atoms in total. The van der Waals surface area contributed by atoms with Crippen LogP contribution >= 0.6 is 11.6 Å². The number of H-pyrrole nitrogens is 1. The first-order valence-corrected chi connectivity index (χ1v) is 10.4. The van der Waals surface area contributed by atoms with Crippen LogP contribution in [0.25, 0.3) is 16.8 Å². The van der Waals surface area contributed by atoms with Crippen molar-refractivity contribution in [2.24, 2.45) is 5.92 Å². The topological polar surface area (TPSA) is 71.0 Å². The molecule has 1 aliphatic carbocycles. The van der Waals surface area contributed by atoms with Gasteiger partial charge in [0.1, 0.15) is 11.6 Å². The van der Waals surface area contributed by atoms with E-state index in [0.717, 1.165) is 18.4 Å². The number of amides is 1. The highest BCUT2D eigenvalue weighted by Crippen LogP contribution is 2.35. The fourth-order valence-corrected chi connectivity index (χ4v) is 4.21. The van der Waals surface area contributed by atoms with Gasteiger partial charge in [-0.1, -0.05) is 29.8 Å². The fraction of sp³-hybridized carbons (Fsp3) is 0.318. The number of carbonyl (C=O) groups excluding carboxylic acids is 1. The maximum Gasteiger partial charge on any atom is 0.348 e. The fourth-order valence-electron chi connectivity index (χ4n) is 4.09. The van der Waals surface area contributed by atoms with Gasteiger partial charge in [-0.3, -0.25) is 4.79 Å². The molecule has 2 aliphatic rings. The molecule has 1 aromatic heterocycles. The van der Waals surface area contributed by atoms with E-state index in [0.29, 0.717) is 35.9 Å². The molecule has 0 bridgehead atoms. The zero-order valence-corrected chi connectivity index (χ0v) is 16.9. The summed E-state index contributed by atoms with van der Waals surface area (Å²) < 4.78 is 16.3. The van der Waals surface area contributed by atoms with Crippen molar-refractivity contribution < 1.29 is 9.18 Å². The largest absolute Gasteiger partial charge is 0.348 e. The summed E-state index contributed by atoms with van der Waals surface area (Å²) in [5, 5.41) is 7.22. The first-order chi connectivity index (χ1) is 14.5. The summed E-state index contributed by atoms with van der Waals surface area (Å²) in [6.07, 6.45) is 2.61. The number of halogens is 2. The summed E-state index contributed by atoms with van der Waals surface area (Å²) in [6.45, 7) is 1.14. The highest BCUT2D eigenvalue weighted by Gasteiger charge is 2.38. The molecule has 5 rings (SSSR count). The molecular weight excluding hydrogens is 407 g/mol. The number of hydrogen-bond donors (Lipinski definition) is 1. The Bertz CT molecular complexity index is 1170. The molecule has 1 aliphatic heterocycles. The van der Waals surface area contributed by atoms with E-state index in [4.69, 9.17) is 11.6 Å². The Hall–Kier alpha value is -2.93. The van der Waals surface area contributed by atoms with Crippen molar-refractivity contribution in [1.29, 1.82) is 0 Å². The summed E-state index contributed by atoms with van der Waals surface area (Å²) in [6, 6.07) is 11.9. The number of nitrogens with zero attached hydrogens (tertiary/aromatic N) is 3. The van der Waals surface area contributed by atoms with E-state index in [9.17, 15) is 9.59 Å². The first-order valence-electron chi connectivity index (χ1n) is 10.0. The molecule has 1 N–H and O–H groups in total. The van der Waals surface area contributed by atoms with Gasteiger partial charge in [-0.15, -0.1) is 0 Å². The van der Waals surface area contributed by atoms with Gasteiger partial charge in [0.05, 0.1) is 5.69 Å². The number of hydrogen-bond acceptors (Lipinski definition) is 3. The quantitative estimate of drug-likeness (QED) is 0.690. The van der Waals surface area contributed by atoms with E-state index in [2.05, 4.69) is 10.2 Å². The van der Waals surface area contributed by atoms with Crippen molar-refractivity contribution in [3.8, 4) is 16.8 Å². The predicted molar refractivity (Wildman–Crippen MR) is 111 cm³/mol. The molecule has 0 radical (unpaired) electrons. The molecule has 8 heteroatoms. The van der Waals surface area contributed by atoms with Gasteiger partial charge in [0.2, 0.25) is 5.91 Å².